The van der Waals surface area contributed by atoms with Gasteiger partial charge in [-0.3, -0.25) is 9.79 Å². The smallest absolute Gasteiger partial charge is 0.230 e. The number of guanidine groups is 1. The molecule has 0 aliphatic heterocycles. The maximum absolute atomic E-state index is 13.5. The number of benzene rings is 1. The van der Waals surface area contributed by atoms with E-state index < -0.39 is 17.0 Å². The van der Waals surface area contributed by atoms with Crippen LogP contribution in [0.3, 0.4) is 0 Å². The van der Waals surface area contributed by atoms with E-state index in [1.807, 2.05) is 0 Å². The first-order valence-corrected chi connectivity index (χ1v) is 9.12. The predicted octanol–water partition coefficient (Wildman–Crippen LogP) is 2.78. The van der Waals surface area contributed by atoms with Gasteiger partial charge in [0.1, 0.15) is 12.4 Å². The minimum Gasteiger partial charge on any atom is -0.489 e. The summed E-state index contributed by atoms with van der Waals surface area (Å²) in [7, 11) is 5.20. The van der Waals surface area contributed by atoms with Gasteiger partial charge in [0.2, 0.25) is 5.91 Å². The molecule has 0 heterocycles. The average molecular weight is 510 g/mol. The van der Waals surface area contributed by atoms with Crippen molar-refractivity contribution in [3.63, 3.8) is 0 Å². The Hall–Kier alpha value is -1.65. The fraction of sp³-hybridized carbons (Fsp3) is 0.579. The summed E-state index contributed by atoms with van der Waals surface area (Å²) in [6.07, 6.45) is 3.82. The molecule has 158 valence electrons. The number of nitrogens with zero attached hydrogens (tertiary/aromatic N) is 2. The summed E-state index contributed by atoms with van der Waals surface area (Å²) < 4.78 is 31.7. The van der Waals surface area contributed by atoms with Crippen molar-refractivity contribution in [1.29, 1.82) is 0 Å². The van der Waals surface area contributed by atoms with Crippen LogP contribution in [-0.2, 0) is 4.79 Å². The molecule has 2 N–H and O–H groups in total. The lowest BCUT2D eigenvalue weighted by Crippen LogP contribution is -2.49. The first-order valence-electron chi connectivity index (χ1n) is 9.12. The van der Waals surface area contributed by atoms with Crippen molar-refractivity contribution in [3.05, 3.63) is 29.8 Å². The highest BCUT2D eigenvalue weighted by Crippen LogP contribution is 2.38. The summed E-state index contributed by atoms with van der Waals surface area (Å²) in [5.41, 5.74) is -0.394. The molecule has 0 saturated heterocycles. The van der Waals surface area contributed by atoms with Crippen molar-refractivity contribution in [1.82, 2.24) is 15.5 Å². The predicted molar refractivity (Wildman–Crippen MR) is 116 cm³/mol. The Morgan fingerprint density at radius 1 is 1.25 bits per heavy atom. The molecule has 28 heavy (non-hydrogen) atoms. The van der Waals surface area contributed by atoms with Gasteiger partial charge in [-0.15, -0.1) is 24.0 Å². The number of ether oxygens (including phenoxy) is 1. The van der Waals surface area contributed by atoms with Gasteiger partial charge < -0.3 is 20.3 Å². The molecule has 1 aliphatic carbocycles. The van der Waals surface area contributed by atoms with Gasteiger partial charge in [0.05, 0.1) is 12.0 Å². The van der Waals surface area contributed by atoms with Crippen molar-refractivity contribution >= 4 is 35.8 Å². The van der Waals surface area contributed by atoms with Crippen LogP contribution in [0.2, 0.25) is 0 Å². The number of hydrogen-bond donors (Lipinski definition) is 2. The third-order valence-corrected chi connectivity index (χ3v) is 4.78. The first kappa shape index (κ1) is 24.4. The van der Waals surface area contributed by atoms with Gasteiger partial charge in [-0.1, -0.05) is 12.8 Å². The number of carbonyl (C=O) groups is 1. The Kier molecular flexibility index (Phi) is 9.91. The van der Waals surface area contributed by atoms with Crippen LogP contribution in [0, 0.1) is 17.0 Å². The van der Waals surface area contributed by atoms with E-state index in [-0.39, 0.29) is 42.2 Å². The van der Waals surface area contributed by atoms with Crippen molar-refractivity contribution < 1.29 is 18.3 Å². The zero-order valence-corrected chi connectivity index (χ0v) is 18.9. The quantitative estimate of drug-likeness (QED) is 0.256. The van der Waals surface area contributed by atoms with E-state index in [1.54, 1.807) is 26.0 Å². The molecule has 0 aromatic heterocycles. The third kappa shape index (κ3) is 6.46. The second kappa shape index (κ2) is 11.4. The highest BCUT2D eigenvalue weighted by Gasteiger charge is 2.42. The topological polar surface area (TPSA) is 66.0 Å². The molecule has 2 rings (SSSR count). The highest BCUT2D eigenvalue weighted by atomic mass is 127. The summed E-state index contributed by atoms with van der Waals surface area (Å²) in [5, 5.41) is 6.29. The maximum Gasteiger partial charge on any atom is 0.230 e. The Bertz CT molecular complexity index is 680. The molecule has 0 atom stereocenters. The molecule has 1 aromatic rings. The molecule has 1 saturated carbocycles. The normalized spacial score (nSPS) is 15.5. The molecule has 1 aliphatic rings. The Morgan fingerprint density at radius 3 is 2.50 bits per heavy atom. The summed E-state index contributed by atoms with van der Waals surface area (Å²) in [6, 6.07) is 3.19. The van der Waals surface area contributed by atoms with Gasteiger partial charge in [-0.2, -0.15) is 0 Å². The lowest BCUT2D eigenvalue weighted by molar-refractivity contribution is -0.138. The van der Waals surface area contributed by atoms with E-state index in [4.69, 9.17) is 4.74 Å². The number of hydrogen-bond acceptors (Lipinski definition) is 3. The Balaban J connectivity index is 0.00000392. The number of amides is 1. The molecular weight excluding hydrogens is 481 g/mol. The van der Waals surface area contributed by atoms with Gasteiger partial charge in [-0.05, 0) is 25.0 Å². The zero-order chi connectivity index (χ0) is 19.9. The number of carbonyl (C=O) groups excluding carboxylic acids is 1. The second-order valence-electron chi connectivity index (χ2n) is 6.96. The minimum atomic E-state index is -0.733. The van der Waals surface area contributed by atoms with Crippen LogP contribution in [0.15, 0.2) is 23.2 Å². The fourth-order valence-corrected chi connectivity index (χ4v) is 3.39. The highest BCUT2D eigenvalue weighted by molar-refractivity contribution is 14.0. The van der Waals surface area contributed by atoms with Crippen LogP contribution < -0.4 is 15.4 Å². The van der Waals surface area contributed by atoms with E-state index >= 15 is 0 Å². The Labute approximate surface area is 182 Å². The number of halogens is 3. The minimum absolute atomic E-state index is 0. The van der Waals surface area contributed by atoms with Crippen molar-refractivity contribution in [2.24, 2.45) is 10.4 Å². The molecule has 1 fully saturated rings. The number of nitrogens with one attached hydrogen (secondary N) is 2. The van der Waals surface area contributed by atoms with E-state index in [0.29, 0.717) is 19.0 Å². The standard InChI is InChI=1S/C19H28F2N4O2.HI/c1-22-18(23-10-11-27-16-7-6-14(20)12-15(16)21)24-13-19(8-4-5-9-19)17(26)25(2)3;/h6-7,12H,4-5,8-11,13H2,1-3H3,(H2,22,23,24);1H. The van der Waals surface area contributed by atoms with E-state index in [2.05, 4.69) is 15.6 Å². The molecule has 9 heteroatoms. The maximum atomic E-state index is 13.5. The molecular formula is C19H29F2IN4O2. The first-order chi connectivity index (χ1) is 12.9. The molecule has 6 nitrogen and oxygen atoms in total. The van der Waals surface area contributed by atoms with Crippen molar-refractivity contribution in [3.8, 4) is 5.75 Å². The molecule has 0 spiro atoms. The van der Waals surface area contributed by atoms with Gasteiger partial charge in [0, 0.05) is 33.8 Å². The van der Waals surface area contributed by atoms with Crippen molar-refractivity contribution in [2.45, 2.75) is 25.7 Å². The number of rotatable bonds is 7. The zero-order valence-electron chi connectivity index (χ0n) is 16.6. The lowest BCUT2D eigenvalue weighted by Gasteiger charge is -2.31. The van der Waals surface area contributed by atoms with Gasteiger partial charge in [0.25, 0.3) is 0 Å². The summed E-state index contributed by atoms with van der Waals surface area (Å²) in [5.74, 6) is -0.685. The summed E-state index contributed by atoms with van der Waals surface area (Å²) in [4.78, 5) is 18.4. The molecule has 1 aromatic carbocycles. The molecule has 0 unspecified atom stereocenters. The largest absolute Gasteiger partial charge is 0.489 e. The summed E-state index contributed by atoms with van der Waals surface area (Å²) >= 11 is 0. The van der Waals surface area contributed by atoms with Crippen LogP contribution in [0.5, 0.6) is 5.75 Å². The van der Waals surface area contributed by atoms with Crippen molar-refractivity contribution in [2.75, 3.05) is 40.8 Å². The Morgan fingerprint density at radius 2 is 1.93 bits per heavy atom. The third-order valence-electron chi connectivity index (χ3n) is 4.78. The average Bonchev–Trinajstić information content (AvgIpc) is 3.12. The SMILES string of the molecule is CN=C(NCCOc1ccc(F)cc1F)NCC1(C(=O)N(C)C)CCCC1.I. The van der Waals surface area contributed by atoms with Gasteiger partial charge in [-0.25, -0.2) is 8.78 Å². The van der Waals surface area contributed by atoms with Crippen LogP contribution in [0.1, 0.15) is 25.7 Å². The second-order valence-corrected chi connectivity index (χ2v) is 6.96. The number of aliphatic imine (C=N–C) groups is 1. The van der Waals surface area contributed by atoms with Gasteiger partial charge in [0.15, 0.2) is 17.5 Å². The van der Waals surface area contributed by atoms with E-state index in [1.165, 1.54) is 6.07 Å². The van der Waals surface area contributed by atoms with E-state index in [9.17, 15) is 13.6 Å². The molecule has 0 radical (unpaired) electrons. The lowest BCUT2D eigenvalue weighted by atomic mass is 9.84. The van der Waals surface area contributed by atoms with Crippen LogP contribution in [0.4, 0.5) is 8.78 Å². The molecule has 1 amide bonds. The van der Waals surface area contributed by atoms with Crippen LogP contribution in [-0.4, -0.2) is 57.6 Å². The van der Waals surface area contributed by atoms with Gasteiger partial charge >= 0.3 is 0 Å². The summed E-state index contributed by atoms with van der Waals surface area (Å²) in [6.45, 7) is 1.08. The van der Waals surface area contributed by atoms with Crippen LogP contribution in [0.25, 0.3) is 0 Å². The monoisotopic (exact) mass is 510 g/mol. The van der Waals surface area contributed by atoms with Crippen LogP contribution >= 0.6 is 24.0 Å². The van der Waals surface area contributed by atoms with E-state index in [0.717, 1.165) is 37.8 Å². The fourth-order valence-electron chi connectivity index (χ4n) is 3.39. The molecule has 0 bridgehead atoms.